The fourth-order valence-corrected chi connectivity index (χ4v) is 2.52. The molecular weight excluding hydrogens is 150 g/mol. The normalized spacial score (nSPS) is 38.0. The van der Waals surface area contributed by atoms with Crippen LogP contribution in [0.2, 0.25) is 0 Å². The lowest BCUT2D eigenvalue weighted by Gasteiger charge is -2.36. The first kappa shape index (κ1) is 8.52. The van der Waals surface area contributed by atoms with Crippen molar-refractivity contribution in [3.05, 3.63) is 0 Å². The summed E-state index contributed by atoms with van der Waals surface area (Å²) in [5.41, 5.74) is 0.606. The summed E-state index contributed by atoms with van der Waals surface area (Å²) in [5.74, 6) is 0. The van der Waals surface area contributed by atoms with Crippen LogP contribution in [0.4, 0.5) is 0 Å². The number of rotatable bonds is 0. The summed E-state index contributed by atoms with van der Waals surface area (Å²) >= 11 is 0. The summed E-state index contributed by atoms with van der Waals surface area (Å²) in [4.78, 5) is 0. The van der Waals surface area contributed by atoms with E-state index < -0.39 is 0 Å². The quantitative estimate of drug-likeness (QED) is 0.594. The summed E-state index contributed by atoms with van der Waals surface area (Å²) in [6, 6.07) is 0. The van der Waals surface area contributed by atoms with Crippen molar-refractivity contribution >= 4 is 0 Å². The van der Waals surface area contributed by atoms with Crippen LogP contribution < -0.4 is 5.32 Å². The minimum atomic E-state index is 0.606. The molecule has 1 N–H and O–H groups in total. The van der Waals surface area contributed by atoms with Crippen molar-refractivity contribution in [3.8, 4) is 0 Å². The Labute approximate surface area is 74.7 Å². The van der Waals surface area contributed by atoms with E-state index in [1.54, 1.807) is 0 Å². The minimum absolute atomic E-state index is 0.606. The van der Waals surface area contributed by atoms with Gasteiger partial charge in [-0.2, -0.15) is 0 Å². The van der Waals surface area contributed by atoms with Gasteiger partial charge < -0.3 is 10.1 Å². The topological polar surface area (TPSA) is 21.3 Å². The fraction of sp³-hybridized carbons (Fsp3) is 1.00. The molecule has 2 nitrogen and oxygen atoms in total. The summed E-state index contributed by atoms with van der Waals surface area (Å²) in [5, 5.41) is 3.52. The van der Waals surface area contributed by atoms with Gasteiger partial charge in [0.05, 0.1) is 0 Å². The van der Waals surface area contributed by atoms with Gasteiger partial charge in [0.1, 0.15) is 0 Å². The van der Waals surface area contributed by atoms with E-state index in [0.29, 0.717) is 5.41 Å². The first-order chi connectivity index (χ1) is 5.91. The summed E-state index contributed by atoms with van der Waals surface area (Å²) in [6.45, 7) is 4.43. The van der Waals surface area contributed by atoms with Crippen LogP contribution in [0, 0.1) is 5.41 Å². The van der Waals surface area contributed by atoms with Crippen molar-refractivity contribution in [2.24, 2.45) is 5.41 Å². The molecule has 2 fully saturated rings. The largest absolute Gasteiger partial charge is 0.381 e. The van der Waals surface area contributed by atoms with E-state index in [1.807, 2.05) is 0 Å². The third kappa shape index (κ3) is 1.80. The van der Waals surface area contributed by atoms with E-state index in [9.17, 15) is 0 Å². The Morgan fingerprint density at radius 3 is 2.75 bits per heavy atom. The van der Waals surface area contributed by atoms with E-state index >= 15 is 0 Å². The molecule has 70 valence electrons. The molecule has 2 aliphatic rings. The van der Waals surface area contributed by atoms with Crippen LogP contribution in [0.1, 0.15) is 32.1 Å². The van der Waals surface area contributed by atoms with Crippen molar-refractivity contribution in [3.63, 3.8) is 0 Å². The molecule has 0 radical (unpaired) electrons. The first-order valence-corrected chi connectivity index (χ1v) is 5.20. The number of ether oxygens (including phenoxy) is 1. The van der Waals surface area contributed by atoms with Crippen molar-refractivity contribution in [1.29, 1.82) is 0 Å². The molecule has 2 aliphatic heterocycles. The van der Waals surface area contributed by atoms with Gasteiger partial charge in [-0.3, -0.25) is 0 Å². The summed E-state index contributed by atoms with van der Waals surface area (Å²) in [6.07, 6.45) is 6.70. The van der Waals surface area contributed by atoms with Crippen molar-refractivity contribution in [1.82, 2.24) is 5.32 Å². The third-order valence-corrected chi connectivity index (χ3v) is 3.33. The Kier molecular flexibility index (Phi) is 2.66. The Morgan fingerprint density at radius 2 is 1.92 bits per heavy atom. The molecule has 1 unspecified atom stereocenters. The van der Waals surface area contributed by atoms with Gasteiger partial charge in [-0.1, -0.05) is 0 Å². The number of hydrogen-bond donors (Lipinski definition) is 1. The van der Waals surface area contributed by atoms with Crippen molar-refractivity contribution < 1.29 is 4.74 Å². The molecule has 1 atom stereocenters. The van der Waals surface area contributed by atoms with Gasteiger partial charge in [0, 0.05) is 19.8 Å². The van der Waals surface area contributed by atoms with Crippen LogP contribution in [-0.2, 0) is 4.74 Å². The third-order valence-electron chi connectivity index (χ3n) is 3.33. The average Bonchev–Trinajstić information content (AvgIpc) is 2.33. The molecule has 0 aromatic carbocycles. The number of hydrogen-bond acceptors (Lipinski definition) is 2. The summed E-state index contributed by atoms with van der Waals surface area (Å²) in [7, 11) is 0. The molecule has 2 heterocycles. The van der Waals surface area contributed by atoms with Crippen LogP contribution in [-0.4, -0.2) is 26.3 Å². The molecule has 0 aromatic heterocycles. The Morgan fingerprint density at radius 1 is 1.00 bits per heavy atom. The molecule has 0 bridgehead atoms. The van der Waals surface area contributed by atoms with Crippen LogP contribution in [0.25, 0.3) is 0 Å². The number of piperidine rings is 1. The van der Waals surface area contributed by atoms with E-state index in [1.165, 1.54) is 45.2 Å². The lowest BCUT2D eigenvalue weighted by Crippen LogP contribution is -2.40. The second-order valence-corrected chi connectivity index (χ2v) is 4.25. The second-order valence-electron chi connectivity index (χ2n) is 4.25. The Bertz CT molecular complexity index is 131. The number of nitrogens with one attached hydrogen (secondary N) is 1. The van der Waals surface area contributed by atoms with Crippen LogP contribution >= 0.6 is 0 Å². The standard InChI is InChI=1S/C10H19NO/c1-3-10(9-11-6-1)4-2-7-12-8-5-10/h11H,1-9H2. The van der Waals surface area contributed by atoms with Gasteiger partial charge in [-0.15, -0.1) is 0 Å². The van der Waals surface area contributed by atoms with Gasteiger partial charge in [-0.25, -0.2) is 0 Å². The molecule has 0 aliphatic carbocycles. The van der Waals surface area contributed by atoms with E-state index in [2.05, 4.69) is 5.32 Å². The van der Waals surface area contributed by atoms with Crippen LogP contribution in [0.5, 0.6) is 0 Å². The summed E-state index contributed by atoms with van der Waals surface area (Å²) < 4.78 is 5.49. The maximum absolute atomic E-state index is 5.49. The Hall–Kier alpha value is -0.0800. The zero-order valence-electron chi connectivity index (χ0n) is 7.77. The molecule has 12 heavy (non-hydrogen) atoms. The molecule has 1 spiro atoms. The smallest absolute Gasteiger partial charge is 0.0471 e. The van der Waals surface area contributed by atoms with Crippen LogP contribution in [0.3, 0.4) is 0 Å². The second kappa shape index (κ2) is 3.75. The van der Waals surface area contributed by atoms with E-state index in [-0.39, 0.29) is 0 Å². The Balaban J connectivity index is 1.95. The highest BCUT2D eigenvalue weighted by atomic mass is 16.5. The SMILES string of the molecule is C1CNCC2(C1)CCCOCC2. The molecule has 0 amide bonds. The molecule has 2 saturated heterocycles. The molecule has 0 saturated carbocycles. The van der Waals surface area contributed by atoms with Gasteiger partial charge in [0.2, 0.25) is 0 Å². The zero-order chi connectivity index (χ0) is 8.28. The van der Waals surface area contributed by atoms with Gasteiger partial charge in [0.15, 0.2) is 0 Å². The predicted octanol–water partition coefficient (Wildman–Crippen LogP) is 1.56. The van der Waals surface area contributed by atoms with Gasteiger partial charge in [0.25, 0.3) is 0 Å². The van der Waals surface area contributed by atoms with Gasteiger partial charge in [-0.05, 0) is 44.1 Å². The highest BCUT2D eigenvalue weighted by molar-refractivity contribution is 4.86. The highest BCUT2D eigenvalue weighted by Gasteiger charge is 2.32. The maximum Gasteiger partial charge on any atom is 0.0471 e. The van der Waals surface area contributed by atoms with E-state index in [0.717, 1.165) is 13.2 Å². The van der Waals surface area contributed by atoms with Crippen molar-refractivity contribution in [2.75, 3.05) is 26.3 Å². The molecule has 2 heteroatoms. The maximum atomic E-state index is 5.49. The van der Waals surface area contributed by atoms with Crippen molar-refractivity contribution in [2.45, 2.75) is 32.1 Å². The monoisotopic (exact) mass is 169 g/mol. The first-order valence-electron chi connectivity index (χ1n) is 5.20. The fourth-order valence-electron chi connectivity index (χ4n) is 2.52. The molecule has 2 rings (SSSR count). The van der Waals surface area contributed by atoms with Gasteiger partial charge >= 0.3 is 0 Å². The zero-order valence-corrected chi connectivity index (χ0v) is 7.77. The highest BCUT2D eigenvalue weighted by Crippen LogP contribution is 2.36. The van der Waals surface area contributed by atoms with Crippen LogP contribution in [0.15, 0.2) is 0 Å². The lowest BCUT2D eigenvalue weighted by molar-refractivity contribution is 0.120. The van der Waals surface area contributed by atoms with E-state index in [4.69, 9.17) is 4.74 Å². The average molecular weight is 169 g/mol. The lowest BCUT2D eigenvalue weighted by atomic mass is 9.75. The molecular formula is C10H19NO. The molecule has 0 aromatic rings. The minimum Gasteiger partial charge on any atom is -0.381 e. The predicted molar refractivity (Wildman–Crippen MR) is 49.2 cm³/mol.